The Kier molecular flexibility index (Phi) is 10.2. The molecule has 0 amide bonds. The molecule has 0 heterocycles. The average Bonchev–Trinajstić information content (AvgIpc) is 2.44. The summed E-state index contributed by atoms with van der Waals surface area (Å²) in [6, 6.07) is 4.03. The number of unbranched alkanes of at least 4 members (excludes halogenated alkanes) is 1. The van der Waals surface area contributed by atoms with Crippen LogP contribution in [-0.2, 0) is 6.42 Å². The maximum atomic E-state index is 5.61. The minimum absolute atomic E-state index is 0. The quantitative estimate of drug-likeness (QED) is 0.455. The second-order valence-corrected chi connectivity index (χ2v) is 5.15. The Bertz CT molecular complexity index is 446. The molecule has 1 rings (SSSR count). The summed E-state index contributed by atoms with van der Waals surface area (Å²) in [5.74, 6) is 5.36. The van der Waals surface area contributed by atoms with Gasteiger partial charge in [-0.25, -0.2) is 0 Å². The SMILES string of the molecule is C#CCCCSc1cc(OC)c(CCN)cc1OC.Cl. The maximum Gasteiger partial charge on any atom is 0.132 e. The summed E-state index contributed by atoms with van der Waals surface area (Å²) in [6.07, 6.45) is 7.83. The molecule has 0 unspecified atom stereocenters. The summed E-state index contributed by atoms with van der Waals surface area (Å²) in [5, 5.41) is 0. The zero-order valence-electron chi connectivity index (χ0n) is 12.0. The van der Waals surface area contributed by atoms with Crippen molar-refractivity contribution in [3.8, 4) is 23.8 Å². The molecule has 0 saturated heterocycles. The molecule has 0 spiro atoms. The number of hydrogen-bond acceptors (Lipinski definition) is 4. The van der Waals surface area contributed by atoms with Crippen molar-refractivity contribution in [2.24, 2.45) is 5.73 Å². The van der Waals surface area contributed by atoms with E-state index >= 15 is 0 Å². The molecule has 2 N–H and O–H groups in total. The van der Waals surface area contributed by atoms with Gasteiger partial charge in [0.15, 0.2) is 0 Å². The van der Waals surface area contributed by atoms with E-state index in [1.165, 1.54) is 0 Å². The Morgan fingerprint density at radius 2 is 1.95 bits per heavy atom. The third-order valence-corrected chi connectivity index (χ3v) is 3.83. The monoisotopic (exact) mass is 315 g/mol. The fraction of sp³-hybridized carbons (Fsp3) is 0.467. The molecule has 1 aromatic carbocycles. The number of methoxy groups -OCH3 is 2. The van der Waals surface area contributed by atoms with Crippen LogP contribution in [0.4, 0.5) is 0 Å². The second-order valence-electron chi connectivity index (χ2n) is 4.01. The highest BCUT2D eigenvalue weighted by Gasteiger charge is 2.11. The molecule has 112 valence electrons. The Morgan fingerprint density at radius 3 is 2.50 bits per heavy atom. The van der Waals surface area contributed by atoms with Gasteiger partial charge >= 0.3 is 0 Å². The molecule has 0 aliphatic carbocycles. The number of rotatable bonds is 8. The lowest BCUT2D eigenvalue weighted by atomic mass is 10.1. The van der Waals surface area contributed by atoms with Crippen LogP contribution < -0.4 is 15.2 Å². The summed E-state index contributed by atoms with van der Waals surface area (Å²) in [5.41, 5.74) is 6.69. The van der Waals surface area contributed by atoms with Crippen molar-refractivity contribution in [1.82, 2.24) is 0 Å². The molecule has 1 aromatic rings. The van der Waals surface area contributed by atoms with E-state index in [0.717, 1.165) is 47.0 Å². The first-order valence-electron chi connectivity index (χ1n) is 6.28. The van der Waals surface area contributed by atoms with Crippen LogP contribution in [0.2, 0.25) is 0 Å². The third kappa shape index (κ3) is 5.54. The van der Waals surface area contributed by atoms with Crippen molar-refractivity contribution in [2.75, 3.05) is 26.5 Å². The van der Waals surface area contributed by atoms with Crippen LogP contribution in [0.1, 0.15) is 18.4 Å². The number of hydrogen-bond donors (Lipinski definition) is 1. The van der Waals surface area contributed by atoms with Crippen molar-refractivity contribution in [1.29, 1.82) is 0 Å². The van der Waals surface area contributed by atoms with Gasteiger partial charge in [0.05, 0.1) is 19.1 Å². The van der Waals surface area contributed by atoms with Gasteiger partial charge in [-0.05, 0) is 42.8 Å². The lowest BCUT2D eigenvalue weighted by Gasteiger charge is -2.14. The summed E-state index contributed by atoms with van der Waals surface area (Å²) in [7, 11) is 3.36. The van der Waals surface area contributed by atoms with Crippen molar-refractivity contribution in [2.45, 2.75) is 24.2 Å². The molecule has 20 heavy (non-hydrogen) atoms. The molecule has 0 fully saturated rings. The van der Waals surface area contributed by atoms with Crippen molar-refractivity contribution in [3.63, 3.8) is 0 Å². The fourth-order valence-corrected chi connectivity index (χ4v) is 2.74. The van der Waals surface area contributed by atoms with E-state index in [4.69, 9.17) is 21.6 Å². The average molecular weight is 316 g/mol. The highest BCUT2D eigenvalue weighted by Crippen LogP contribution is 2.36. The van der Waals surface area contributed by atoms with Gasteiger partial charge in [0.2, 0.25) is 0 Å². The van der Waals surface area contributed by atoms with Crippen LogP contribution in [0.15, 0.2) is 17.0 Å². The summed E-state index contributed by atoms with van der Waals surface area (Å²) >= 11 is 1.74. The molecule has 3 nitrogen and oxygen atoms in total. The van der Waals surface area contributed by atoms with Crippen molar-refractivity contribution in [3.05, 3.63) is 17.7 Å². The van der Waals surface area contributed by atoms with Crippen LogP contribution in [0, 0.1) is 12.3 Å². The highest BCUT2D eigenvalue weighted by molar-refractivity contribution is 7.99. The van der Waals surface area contributed by atoms with E-state index in [9.17, 15) is 0 Å². The topological polar surface area (TPSA) is 44.5 Å². The third-order valence-electron chi connectivity index (χ3n) is 2.70. The molecular formula is C15H22ClNO2S. The Labute approximate surface area is 132 Å². The van der Waals surface area contributed by atoms with Crippen LogP contribution in [0.25, 0.3) is 0 Å². The largest absolute Gasteiger partial charge is 0.496 e. The van der Waals surface area contributed by atoms with Gasteiger partial charge in [-0.3, -0.25) is 0 Å². The molecule has 0 bridgehead atoms. The molecule has 0 radical (unpaired) electrons. The van der Waals surface area contributed by atoms with E-state index in [1.807, 2.05) is 12.1 Å². The first-order valence-corrected chi connectivity index (χ1v) is 7.26. The number of nitrogens with two attached hydrogens (primary N) is 1. The molecule has 0 saturated carbocycles. The smallest absolute Gasteiger partial charge is 0.132 e. The zero-order valence-corrected chi connectivity index (χ0v) is 13.6. The number of benzene rings is 1. The van der Waals surface area contributed by atoms with Gasteiger partial charge in [0.25, 0.3) is 0 Å². The zero-order chi connectivity index (χ0) is 14.1. The van der Waals surface area contributed by atoms with E-state index in [2.05, 4.69) is 5.92 Å². The second kappa shape index (κ2) is 10.7. The standard InChI is InChI=1S/C15H21NO2S.ClH/c1-4-5-6-9-19-15-11-13(17-2)12(7-8-16)10-14(15)18-3;/h1,10-11H,5-9,16H2,2-3H3;1H. The Morgan fingerprint density at radius 1 is 1.25 bits per heavy atom. The van der Waals surface area contributed by atoms with Crippen LogP contribution in [0.3, 0.4) is 0 Å². The minimum Gasteiger partial charge on any atom is -0.496 e. The van der Waals surface area contributed by atoms with Crippen molar-refractivity contribution < 1.29 is 9.47 Å². The Hall–Kier alpha value is -1.02. The molecule has 0 atom stereocenters. The van der Waals surface area contributed by atoms with Crippen LogP contribution >= 0.6 is 24.2 Å². The Balaban J connectivity index is 0.00000361. The lowest BCUT2D eigenvalue weighted by molar-refractivity contribution is 0.390. The first-order chi connectivity index (χ1) is 9.26. The van der Waals surface area contributed by atoms with Gasteiger partial charge in [-0.15, -0.1) is 36.5 Å². The number of halogens is 1. The minimum atomic E-state index is 0. The number of terminal acetylenes is 1. The van der Waals surface area contributed by atoms with E-state index in [0.29, 0.717) is 6.54 Å². The lowest BCUT2D eigenvalue weighted by Crippen LogP contribution is -2.05. The number of ether oxygens (including phenoxy) is 2. The molecule has 0 aliphatic heterocycles. The van der Waals surface area contributed by atoms with Gasteiger partial charge in [0.1, 0.15) is 11.5 Å². The van der Waals surface area contributed by atoms with Gasteiger partial charge in [0, 0.05) is 6.42 Å². The number of thioether (sulfide) groups is 1. The highest BCUT2D eigenvalue weighted by atomic mass is 35.5. The first kappa shape index (κ1) is 19.0. The molecule has 0 aliphatic rings. The summed E-state index contributed by atoms with van der Waals surface area (Å²) < 4.78 is 10.8. The molecular weight excluding hydrogens is 294 g/mol. The summed E-state index contributed by atoms with van der Waals surface area (Å²) in [4.78, 5) is 1.08. The molecule has 5 heteroatoms. The van der Waals surface area contributed by atoms with E-state index < -0.39 is 0 Å². The van der Waals surface area contributed by atoms with E-state index in [-0.39, 0.29) is 12.4 Å². The summed E-state index contributed by atoms with van der Waals surface area (Å²) in [6.45, 7) is 0.591. The fourth-order valence-electron chi connectivity index (χ4n) is 1.75. The van der Waals surface area contributed by atoms with Crippen LogP contribution in [-0.4, -0.2) is 26.5 Å². The molecule has 0 aromatic heterocycles. The maximum absolute atomic E-state index is 5.61. The van der Waals surface area contributed by atoms with E-state index in [1.54, 1.807) is 26.0 Å². The normalized spacial score (nSPS) is 9.50. The van der Waals surface area contributed by atoms with Gasteiger partial charge in [-0.2, -0.15) is 0 Å². The van der Waals surface area contributed by atoms with Crippen LogP contribution in [0.5, 0.6) is 11.5 Å². The predicted octanol–water partition coefficient (Wildman–Crippen LogP) is 3.13. The van der Waals surface area contributed by atoms with Crippen molar-refractivity contribution >= 4 is 24.2 Å². The van der Waals surface area contributed by atoms with Gasteiger partial charge < -0.3 is 15.2 Å². The van der Waals surface area contributed by atoms with Gasteiger partial charge in [-0.1, -0.05) is 0 Å². The predicted molar refractivity (Wildman–Crippen MR) is 88.3 cm³/mol.